The fourth-order valence-corrected chi connectivity index (χ4v) is 1.51. The lowest BCUT2D eigenvalue weighted by atomic mass is 9.95. The van der Waals surface area contributed by atoms with E-state index in [0.717, 1.165) is 0 Å². The molecule has 0 aromatic heterocycles. The molecule has 5 heteroatoms. The molecule has 1 aromatic rings. The molecule has 0 aliphatic carbocycles. The van der Waals surface area contributed by atoms with Crippen molar-refractivity contribution in [2.75, 3.05) is 6.61 Å². The van der Waals surface area contributed by atoms with E-state index in [9.17, 15) is 13.2 Å². The summed E-state index contributed by atoms with van der Waals surface area (Å²) in [5.74, 6) is -0.800. The maximum absolute atomic E-state index is 12.5. The van der Waals surface area contributed by atoms with E-state index in [-0.39, 0.29) is 6.61 Å². The maximum atomic E-state index is 12.5. The van der Waals surface area contributed by atoms with E-state index in [1.54, 1.807) is 30.3 Å². The standard InChI is InChI=1S/C10H8F3NO/c11-10(12,13)9-8(6-15-14-9)7-4-2-1-3-5-7/h1-5,8H,6H2. The molecule has 1 aromatic carbocycles. The summed E-state index contributed by atoms with van der Waals surface area (Å²) in [5.41, 5.74) is -0.278. The van der Waals surface area contributed by atoms with E-state index >= 15 is 0 Å². The van der Waals surface area contributed by atoms with E-state index in [0.29, 0.717) is 5.56 Å². The smallest absolute Gasteiger partial charge is 0.395 e. The van der Waals surface area contributed by atoms with Gasteiger partial charge in [0.25, 0.3) is 0 Å². The Morgan fingerprint density at radius 1 is 1.20 bits per heavy atom. The minimum atomic E-state index is -4.42. The van der Waals surface area contributed by atoms with Crippen LogP contribution >= 0.6 is 0 Å². The zero-order valence-corrected chi connectivity index (χ0v) is 7.66. The van der Waals surface area contributed by atoms with Gasteiger partial charge in [-0.3, -0.25) is 0 Å². The highest BCUT2D eigenvalue weighted by molar-refractivity contribution is 5.96. The molecular weight excluding hydrogens is 207 g/mol. The van der Waals surface area contributed by atoms with Gasteiger partial charge in [-0.15, -0.1) is 0 Å². The molecule has 80 valence electrons. The Kier molecular flexibility index (Phi) is 2.38. The SMILES string of the molecule is FC(F)(F)C1=NOCC1c1ccccc1. The zero-order valence-electron chi connectivity index (χ0n) is 7.66. The lowest BCUT2D eigenvalue weighted by Gasteiger charge is -2.12. The molecule has 1 heterocycles. The van der Waals surface area contributed by atoms with Crippen LogP contribution in [0.4, 0.5) is 13.2 Å². The first-order valence-electron chi connectivity index (χ1n) is 4.41. The molecule has 0 N–H and O–H groups in total. The first kappa shape index (κ1) is 10.0. The Morgan fingerprint density at radius 2 is 1.87 bits per heavy atom. The van der Waals surface area contributed by atoms with Crippen molar-refractivity contribution < 1.29 is 18.0 Å². The number of oxime groups is 1. The molecule has 0 radical (unpaired) electrons. The van der Waals surface area contributed by atoms with Gasteiger partial charge in [0, 0.05) is 0 Å². The van der Waals surface area contributed by atoms with Crippen LogP contribution in [0, 0.1) is 0 Å². The third-order valence-electron chi connectivity index (χ3n) is 2.23. The summed E-state index contributed by atoms with van der Waals surface area (Å²) in [4.78, 5) is 4.52. The highest BCUT2D eigenvalue weighted by Gasteiger charge is 2.45. The molecule has 0 saturated heterocycles. The lowest BCUT2D eigenvalue weighted by molar-refractivity contribution is -0.0610. The molecular formula is C10H8F3NO. The number of alkyl halides is 3. The molecule has 0 bridgehead atoms. The Labute approximate surface area is 84.3 Å². The van der Waals surface area contributed by atoms with Crippen molar-refractivity contribution in [3.63, 3.8) is 0 Å². The van der Waals surface area contributed by atoms with E-state index in [1.165, 1.54) is 0 Å². The summed E-state index contributed by atoms with van der Waals surface area (Å²) in [7, 11) is 0. The quantitative estimate of drug-likeness (QED) is 0.705. The third kappa shape index (κ3) is 1.95. The minimum Gasteiger partial charge on any atom is -0.395 e. The number of nitrogens with zero attached hydrogens (tertiary/aromatic N) is 1. The van der Waals surface area contributed by atoms with E-state index in [2.05, 4.69) is 9.99 Å². The molecule has 2 rings (SSSR count). The highest BCUT2D eigenvalue weighted by Crippen LogP contribution is 2.32. The van der Waals surface area contributed by atoms with Gasteiger partial charge < -0.3 is 4.84 Å². The first-order chi connectivity index (χ1) is 7.09. The second kappa shape index (κ2) is 3.56. The molecule has 1 aliphatic rings. The predicted molar refractivity (Wildman–Crippen MR) is 48.6 cm³/mol. The average molecular weight is 215 g/mol. The molecule has 1 unspecified atom stereocenters. The zero-order chi connectivity index (χ0) is 10.9. The van der Waals surface area contributed by atoms with Crippen LogP contribution in [0.5, 0.6) is 0 Å². The summed E-state index contributed by atoms with van der Waals surface area (Å²) in [6.45, 7) is -0.0428. The van der Waals surface area contributed by atoms with Gasteiger partial charge in [0.2, 0.25) is 0 Å². The number of hydrogen-bond donors (Lipinski definition) is 0. The van der Waals surface area contributed by atoms with Crippen LogP contribution in [-0.4, -0.2) is 18.5 Å². The summed E-state index contributed by atoms with van der Waals surface area (Å²) in [6, 6.07) is 8.42. The fraction of sp³-hybridized carbons (Fsp3) is 0.300. The number of halogens is 3. The molecule has 0 spiro atoms. The summed E-state index contributed by atoms with van der Waals surface area (Å²) in [6.07, 6.45) is -4.42. The van der Waals surface area contributed by atoms with Gasteiger partial charge in [-0.1, -0.05) is 35.5 Å². The normalized spacial score (nSPS) is 21.0. The molecule has 0 amide bonds. The average Bonchev–Trinajstić information content (AvgIpc) is 2.67. The van der Waals surface area contributed by atoms with Gasteiger partial charge in [-0.2, -0.15) is 13.2 Å². The second-order valence-electron chi connectivity index (χ2n) is 3.23. The van der Waals surface area contributed by atoms with Crippen LogP contribution in [0.1, 0.15) is 11.5 Å². The van der Waals surface area contributed by atoms with Gasteiger partial charge in [-0.25, -0.2) is 0 Å². The first-order valence-corrected chi connectivity index (χ1v) is 4.41. The summed E-state index contributed by atoms with van der Waals surface area (Å²) >= 11 is 0. The molecule has 1 aliphatic heterocycles. The van der Waals surface area contributed by atoms with Crippen molar-refractivity contribution in [3.8, 4) is 0 Å². The number of benzene rings is 1. The molecule has 0 fully saturated rings. The Hall–Kier alpha value is -1.52. The second-order valence-corrected chi connectivity index (χ2v) is 3.23. The third-order valence-corrected chi connectivity index (χ3v) is 2.23. The highest BCUT2D eigenvalue weighted by atomic mass is 19.4. The fourth-order valence-electron chi connectivity index (χ4n) is 1.51. The van der Waals surface area contributed by atoms with Crippen LogP contribution in [0.3, 0.4) is 0 Å². The molecule has 0 saturated carbocycles. The molecule has 2 nitrogen and oxygen atoms in total. The van der Waals surface area contributed by atoms with Crippen LogP contribution in [0.25, 0.3) is 0 Å². The van der Waals surface area contributed by atoms with Crippen LogP contribution in [0.15, 0.2) is 35.5 Å². The Balaban J connectivity index is 2.29. The van der Waals surface area contributed by atoms with Crippen molar-refractivity contribution >= 4 is 5.71 Å². The van der Waals surface area contributed by atoms with Crippen LogP contribution < -0.4 is 0 Å². The van der Waals surface area contributed by atoms with E-state index < -0.39 is 17.8 Å². The number of hydrogen-bond acceptors (Lipinski definition) is 2. The van der Waals surface area contributed by atoms with Gasteiger partial charge in [0.1, 0.15) is 6.61 Å². The van der Waals surface area contributed by atoms with Crippen molar-refractivity contribution in [2.45, 2.75) is 12.1 Å². The maximum Gasteiger partial charge on any atom is 0.433 e. The van der Waals surface area contributed by atoms with Crippen molar-refractivity contribution in [3.05, 3.63) is 35.9 Å². The van der Waals surface area contributed by atoms with Crippen LogP contribution in [0.2, 0.25) is 0 Å². The minimum absolute atomic E-state index is 0.0428. The topological polar surface area (TPSA) is 21.6 Å². The summed E-state index contributed by atoms with van der Waals surface area (Å²) in [5, 5.41) is 3.06. The predicted octanol–water partition coefficient (Wildman–Crippen LogP) is 2.72. The largest absolute Gasteiger partial charge is 0.433 e. The molecule has 15 heavy (non-hydrogen) atoms. The van der Waals surface area contributed by atoms with Gasteiger partial charge in [0.05, 0.1) is 5.92 Å². The van der Waals surface area contributed by atoms with Gasteiger partial charge in [-0.05, 0) is 5.56 Å². The molecule has 1 atom stereocenters. The van der Waals surface area contributed by atoms with Crippen molar-refractivity contribution in [1.82, 2.24) is 0 Å². The van der Waals surface area contributed by atoms with Crippen molar-refractivity contribution in [1.29, 1.82) is 0 Å². The van der Waals surface area contributed by atoms with Gasteiger partial charge in [0.15, 0.2) is 5.71 Å². The number of rotatable bonds is 1. The van der Waals surface area contributed by atoms with Crippen molar-refractivity contribution in [2.24, 2.45) is 5.16 Å². The summed E-state index contributed by atoms with van der Waals surface area (Å²) < 4.78 is 37.5. The van der Waals surface area contributed by atoms with E-state index in [4.69, 9.17) is 0 Å². The lowest BCUT2D eigenvalue weighted by Crippen LogP contribution is -2.27. The Morgan fingerprint density at radius 3 is 2.47 bits per heavy atom. The van der Waals surface area contributed by atoms with E-state index in [1.807, 2.05) is 0 Å². The monoisotopic (exact) mass is 215 g/mol. The van der Waals surface area contributed by atoms with Crippen LogP contribution in [-0.2, 0) is 4.84 Å². The van der Waals surface area contributed by atoms with Gasteiger partial charge >= 0.3 is 6.18 Å². The Bertz CT molecular complexity index is 372.